The predicted molar refractivity (Wildman–Crippen MR) is 116 cm³/mol. The number of ether oxygens (including phenoxy) is 3. The third-order valence-electron chi connectivity index (χ3n) is 4.10. The first-order chi connectivity index (χ1) is 14.5. The molecule has 0 unspecified atom stereocenters. The summed E-state index contributed by atoms with van der Waals surface area (Å²) >= 11 is 1.01. The van der Waals surface area contributed by atoms with Crippen molar-refractivity contribution in [1.29, 1.82) is 0 Å². The Kier molecular flexibility index (Phi) is 6.87. The van der Waals surface area contributed by atoms with Crippen LogP contribution in [0.3, 0.4) is 0 Å². The number of amidine groups is 1. The molecule has 0 aromatic heterocycles. The zero-order valence-electron chi connectivity index (χ0n) is 16.5. The molecule has 1 heterocycles. The molecule has 9 heteroatoms. The molecular formula is C21H19N3O5S. The number of thioether (sulfide) groups is 1. The lowest BCUT2D eigenvalue weighted by atomic mass is 10.00. The van der Waals surface area contributed by atoms with Crippen LogP contribution in [0.4, 0.5) is 0 Å². The molecule has 8 nitrogen and oxygen atoms in total. The van der Waals surface area contributed by atoms with Gasteiger partial charge in [-0.2, -0.15) is 5.10 Å². The quantitative estimate of drug-likeness (QED) is 0.331. The van der Waals surface area contributed by atoms with Gasteiger partial charge in [0.25, 0.3) is 5.91 Å². The Balaban J connectivity index is 1.83. The highest BCUT2D eigenvalue weighted by atomic mass is 32.2. The van der Waals surface area contributed by atoms with Crippen molar-refractivity contribution in [1.82, 2.24) is 5.32 Å². The highest BCUT2D eigenvalue weighted by Gasteiger charge is 2.25. The largest absolute Gasteiger partial charge is 0.493 e. The fraction of sp³-hybridized carbons (Fsp3) is 0.143. The second-order valence-electron chi connectivity index (χ2n) is 5.89. The summed E-state index contributed by atoms with van der Waals surface area (Å²) in [6.07, 6.45) is 2.70. The summed E-state index contributed by atoms with van der Waals surface area (Å²) in [5.74, 6) is 0.229. The number of amides is 1. The van der Waals surface area contributed by atoms with Crippen molar-refractivity contribution in [2.45, 2.75) is 0 Å². The van der Waals surface area contributed by atoms with Crippen molar-refractivity contribution in [2.75, 3.05) is 21.3 Å². The fourth-order valence-corrected chi connectivity index (χ4v) is 3.40. The fourth-order valence-electron chi connectivity index (χ4n) is 2.66. The Labute approximate surface area is 177 Å². The van der Waals surface area contributed by atoms with Gasteiger partial charge in [-0.1, -0.05) is 30.3 Å². The second kappa shape index (κ2) is 9.75. The Morgan fingerprint density at radius 1 is 1.07 bits per heavy atom. The van der Waals surface area contributed by atoms with Gasteiger partial charge in [0.2, 0.25) is 0 Å². The number of hydrogen-bond acceptors (Lipinski definition) is 8. The Morgan fingerprint density at radius 2 is 1.83 bits per heavy atom. The first kappa shape index (κ1) is 21.1. The van der Waals surface area contributed by atoms with Gasteiger partial charge in [-0.25, -0.2) is 4.79 Å². The van der Waals surface area contributed by atoms with Gasteiger partial charge in [0.05, 0.1) is 32.4 Å². The van der Waals surface area contributed by atoms with Crippen molar-refractivity contribution >= 4 is 35.0 Å². The molecule has 0 atom stereocenters. The van der Waals surface area contributed by atoms with Crippen LogP contribution >= 0.6 is 11.8 Å². The van der Waals surface area contributed by atoms with Crippen molar-refractivity contribution in [3.05, 3.63) is 59.0 Å². The number of nitrogens with one attached hydrogen (secondary N) is 1. The van der Waals surface area contributed by atoms with Gasteiger partial charge in [-0.05, 0) is 35.0 Å². The van der Waals surface area contributed by atoms with E-state index >= 15 is 0 Å². The molecule has 3 rings (SSSR count). The first-order valence-electron chi connectivity index (χ1n) is 8.77. The lowest BCUT2D eigenvalue weighted by Crippen LogP contribution is -2.19. The number of rotatable bonds is 6. The lowest BCUT2D eigenvalue weighted by Gasteiger charge is -2.11. The number of esters is 1. The van der Waals surface area contributed by atoms with Crippen molar-refractivity contribution < 1.29 is 23.8 Å². The summed E-state index contributed by atoms with van der Waals surface area (Å²) in [6, 6.07) is 13.3. The highest BCUT2D eigenvalue weighted by molar-refractivity contribution is 8.18. The molecule has 30 heavy (non-hydrogen) atoms. The van der Waals surface area contributed by atoms with Gasteiger partial charge in [-0.3, -0.25) is 10.1 Å². The standard InChI is InChI=1S/C21H19N3O5S/c1-27-16-9-8-13(10-17(16)28-2)15-7-5-4-6-14(15)12-22-24-21-23-20(26)18(30-21)11-19(25)29-3/h4-12H,1-3H3,(H,23,24,26)/b18-11+,22-12?. The van der Waals surface area contributed by atoms with E-state index in [4.69, 9.17) is 9.47 Å². The molecule has 2 aromatic rings. The summed E-state index contributed by atoms with van der Waals surface area (Å²) in [5.41, 5.74) is 2.68. The minimum atomic E-state index is -0.610. The minimum absolute atomic E-state index is 0.196. The molecule has 1 saturated heterocycles. The number of carbonyl (C=O) groups excluding carboxylic acids is 2. The molecule has 0 bridgehead atoms. The predicted octanol–water partition coefficient (Wildman–Crippen LogP) is 2.98. The van der Waals surface area contributed by atoms with Crippen molar-refractivity contribution in [2.24, 2.45) is 10.2 Å². The Bertz CT molecular complexity index is 1060. The maximum atomic E-state index is 11.9. The van der Waals surface area contributed by atoms with E-state index in [1.54, 1.807) is 20.4 Å². The SMILES string of the molecule is COC(=O)/C=C1/S/C(=N\N=Cc2ccccc2-c2ccc(OC)c(OC)c2)NC1=O. The summed E-state index contributed by atoms with van der Waals surface area (Å²) in [6.45, 7) is 0. The molecule has 2 aromatic carbocycles. The third kappa shape index (κ3) is 4.87. The average Bonchev–Trinajstić information content (AvgIpc) is 3.12. The monoisotopic (exact) mass is 425 g/mol. The van der Waals surface area contributed by atoms with Crippen LogP contribution in [0.1, 0.15) is 5.56 Å². The molecule has 1 N–H and O–H groups in total. The van der Waals surface area contributed by atoms with Crippen LogP contribution in [0.2, 0.25) is 0 Å². The van der Waals surface area contributed by atoms with Crippen LogP contribution < -0.4 is 14.8 Å². The number of benzene rings is 2. The van der Waals surface area contributed by atoms with Crippen LogP contribution in [0.5, 0.6) is 11.5 Å². The van der Waals surface area contributed by atoms with Crippen LogP contribution in [-0.2, 0) is 14.3 Å². The molecule has 1 aliphatic heterocycles. The third-order valence-corrected chi connectivity index (χ3v) is 5.00. The lowest BCUT2D eigenvalue weighted by molar-refractivity contribution is -0.135. The number of nitrogens with zero attached hydrogens (tertiary/aromatic N) is 2. The van der Waals surface area contributed by atoms with Gasteiger partial charge in [-0.15, -0.1) is 5.10 Å². The zero-order valence-corrected chi connectivity index (χ0v) is 17.4. The van der Waals surface area contributed by atoms with E-state index in [1.165, 1.54) is 7.11 Å². The second-order valence-corrected chi connectivity index (χ2v) is 6.93. The molecule has 1 fully saturated rings. The van der Waals surface area contributed by atoms with E-state index in [-0.39, 0.29) is 10.1 Å². The normalized spacial score (nSPS) is 16.2. The topological polar surface area (TPSA) is 98.6 Å². The van der Waals surface area contributed by atoms with E-state index in [1.807, 2.05) is 42.5 Å². The molecule has 0 aliphatic carbocycles. The van der Waals surface area contributed by atoms with E-state index in [0.29, 0.717) is 11.5 Å². The van der Waals surface area contributed by atoms with E-state index in [2.05, 4.69) is 20.3 Å². The molecule has 1 amide bonds. The van der Waals surface area contributed by atoms with Gasteiger partial charge in [0.15, 0.2) is 16.7 Å². The van der Waals surface area contributed by atoms with Crippen LogP contribution in [-0.4, -0.2) is 44.6 Å². The smallest absolute Gasteiger partial charge is 0.331 e. The van der Waals surface area contributed by atoms with Crippen molar-refractivity contribution in [3.63, 3.8) is 0 Å². The molecule has 0 spiro atoms. The van der Waals surface area contributed by atoms with E-state index in [9.17, 15) is 9.59 Å². The maximum Gasteiger partial charge on any atom is 0.331 e. The zero-order chi connectivity index (χ0) is 21.5. The Morgan fingerprint density at radius 3 is 2.57 bits per heavy atom. The average molecular weight is 425 g/mol. The molecule has 1 aliphatic rings. The number of hydrogen-bond donors (Lipinski definition) is 1. The van der Waals surface area contributed by atoms with Crippen LogP contribution in [0.15, 0.2) is 63.6 Å². The number of carbonyl (C=O) groups is 2. The van der Waals surface area contributed by atoms with Gasteiger partial charge >= 0.3 is 5.97 Å². The van der Waals surface area contributed by atoms with E-state index < -0.39 is 11.9 Å². The van der Waals surface area contributed by atoms with Gasteiger partial charge in [0, 0.05) is 11.6 Å². The Hall–Kier alpha value is -3.59. The molecular weight excluding hydrogens is 406 g/mol. The van der Waals surface area contributed by atoms with Gasteiger partial charge < -0.3 is 14.2 Å². The van der Waals surface area contributed by atoms with Crippen LogP contribution in [0.25, 0.3) is 11.1 Å². The van der Waals surface area contributed by atoms with Crippen molar-refractivity contribution in [3.8, 4) is 22.6 Å². The van der Waals surface area contributed by atoms with E-state index in [0.717, 1.165) is 34.5 Å². The molecule has 0 radical (unpaired) electrons. The first-order valence-corrected chi connectivity index (χ1v) is 9.58. The summed E-state index contributed by atoms with van der Waals surface area (Å²) < 4.78 is 15.2. The molecule has 0 saturated carbocycles. The summed E-state index contributed by atoms with van der Waals surface area (Å²) in [4.78, 5) is 23.4. The number of methoxy groups -OCH3 is 3. The summed E-state index contributed by atoms with van der Waals surface area (Å²) in [7, 11) is 4.41. The molecule has 154 valence electrons. The summed E-state index contributed by atoms with van der Waals surface area (Å²) in [5, 5.41) is 10.9. The minimum Gasteiger partial charge on any atom is -0.493 e. The highest BCUT2D eigenvalue weighted by Crippen LogP contribution is 2.33. The van der Waals surface area contributed by atoms with Crippen LogP contribution in [0, 0.1) is 0 Å². The van der Waals surface area contributed by atoms with Gasteiger partial charge in [0.1, 0.15) is 0 Å². The maximum absolute atomic E-state index is 11.9.